The van der Waals surface area contributed by atoms with Crippen LogP contribution in [0.4, 0.5) is 0 Å². The SMILES string of the molecule is CC(=O)O/C=C/C1CC(=O)N1. The van der Waals surface area contributed by atoms with E-state index in [1.807, 2.05) is 0 Å². The summed E-state index contributed by atoms with van der Waals surface area (Å²) in [4.78, 5) is 20.6. The molecule has 1 aliphatic rings. The van der Waals surface area contributed by atoms with Crippen LogP contribution < -0.4 is 5.32 Å². The van der Waals surface area contributed by atoms with E-state index in [0.717, 1.165) is 0 Å². The predicted molar refractivity (Wildman–Crippen MR) is 37.5 cm³/mol. The number of rotatable bonds is 2. The van der Waals surface area contributed by atoms with Crippen LogP contribution in [-0.2, 0) is 14.3 Å². The summed E-state index contributed by atoms with van der Waals surface area (Å²) in [7, 11) is 0. The highest BCUT2D eigenvalue weighted by molar-refractivity contribution is 5.83. The molecule has 4 nitrogen and oxygen atoms in total. The molecule has 1 fully saturated rings. The van der Waals surface area contributed by atoms with Gasteiger partial charge in [-0.3, -0.25) is 9.59 Å². The lowest BCUT2D eigenvalue weighted by molar-refractivity contribution is -0.135. The van der Waals surface area contributed by atoms with E-state index in [2.05, 4.69) is 10.1 Å². The van der Waals surface area contributed by atoms with E-state index in [-0.39, 0.29) is 17.9 Å². The summed E-state index contributed by atoms with van der Waals surface area (Å²) >= 11 is 0. The smallest absolute Gasteiger partial charge is 0.307 e. The third-order valence-electron chi connectivity index (χ3n) is 1.30. The molecule has 0 aromatic rings. The van der Waals surface area contributed by atoms with E-state index in [1.165, 1.54) is 13.2 Å². The molecule has 0 bridgehead atoms. The van der Waals surface area contributed by atoms with Crippen molar-refractivity contribution in [3.05, 3.63) is 12.3 Å². The largest absolute Gasteiger partial charge is 0.435 e. The Morgan fingerprint density at radius 3 is 2.91 bits per heavy atom. The number of esters is 1. The minimum absolute atomic E-state index is 0.0301. The van der Waals surface area contributed by atoms with Crippen molar-refractivity contribution in [2.24, 2.45) is 0 Å². The molecular weight excluding hydrogens is 146 g/mol. The lowest BCUT2D eigenvalue weighted by Crippen LogP contribution is -2.47. The average Bonchev–Trinajstić information content (AvgIpc) is 1.83. The highest BCUT2D eigenvalue weighted by Gasteiger charge is 2.22. The van der Waals surface area contributed by atoms with Crippen LogP contribution in [0.3, 0.4) is 0 Å². The van der Waals surface area contributed by atoms with Crippen molar-refractivity contribution < 1.29 is 14.3 Å². The second-order valence-corrected chi connectivity index (χ2v) is 2.32. The van der Waals surface area contributed by atoms with Gasteiger partial charge in [0.25, 0.3) is 0 Å². The Kier molecular flexibility index (Phi) is 2.25. The van der Waals surface area contributed by atoms with Gasteiger partial charge in [0, 0.05) is 6.92 Å². The maximum atomic E-state index is 10.4. The third kappa shape index (κ3) is 2.41. The van der Waals surface area contributed by atoms with Crippen LogP contribution in [-0.4, -0.2) is 17.9 Å². The molecule has 4 heteroatoms. The van der Waals surface area contributed by atoms with Crippen molar-refractivity contribution in [2.75, 3.05) is 0 Å². The molecule has 0 spiro atoms. The van der Waals surface area contributed by atoms with E-state index in [9.17, 15) is 9.59 Å². The summed E-state index contributed by atoms with van der Waals surface area (Å²) in [5.74, 6) is -0.325. The van der Waals surface area contributed by atoms with Gasteiger partial charge in [-0.1, -0.05) is 0 Å². The van der Waals surface area contributed by atoms with Gasteiger partial charge in [-0.15, -0.1) is 0 Å². The monoisotopic (exact) mass is 155 g/mol. The van der Waals surface area contributed by atoms with Crippen molar-refractivity contribution in [3.8, 4) is 0 Å². The lowest BCUT2D eigenvalue weighted by Gasteiger charge is -2.22. The number of hydrogen-bond donors (Lipinski definition) is 1. The zero-order chi connectivity index (χ0) is 8.27. The van der Waals surface area contributed by atoms with E-state index in [4.69, 9.17) is 0 Å². The molecule has 1 N–H and O–H groups in total. The molecule has 1 unspecified atom stereocenters. The number of nitrogens with one attached hydrogen (secondary N) is 1. The average molecular weight is 155 g/mol. The summed E-state index contributed by atoms with van der Waals surface area (Å²) in [5.41, 5.74) is 0. The molecule has 0 radical (unpaired) electrons. The summed E-state index contributed by atoms with van der Waals surface area (Å²) in [6.45, 7) is 1.32. The van der Waals surface area contributed by atoms with E-state index in [1.54, 1.807) is 6.08 Å². The van der Waals surface area contributed by atoms with Gasteiger partial charge >= 0.3 is 5.97 Å². The van der Waals surface area contributed by atoms with Gasteiger partial charge in [0.2, 0.25) is 5.91 Å². The second kappa shape index (κ2) is 3.18. The minimum atomic E-state index is -0.355. The van der Waals surface area contributed by atoms with Crippen LogP contribution in [0.5, 0.6) is 0 Å². The molecule has 60 valence electrons. The van der Waals surface area contributed by atoms with Gasteiger partial charge in [0.1, 0.15) is 0 Å². The van der Waals surface area contributed by atoms with Gasteiger partial charge in [-0.05, 0) is 6.08 Å². The van der Waals surface area contributed by atoms with Crippen LogP contribution in [0.2, 0.25) is 0 Å². The van der Waals surface area contributed by atoms with Gasteiger partial charge in [-0.25, -0.2) is 0 Å². The van der Waals surface area contributed by atoms with Crippen LogP contribution >= 0.6 is 0 Å². The fraction of sp³-hybridized carbons (Fsp3) is 0.429. The zero-order valence-corrected chi connectivity index (χ0v) is 6.16. The number of amides is 1. The molecule has 0 aromatic heterocycles. The first-order chi connectivity index (χ1) is 5.18. The van der Waals surface area contributed by atoms with E-state index < -0.39 is 0 Å². The van der Waals surface area contributed by atoms with E-state index in [0.29, 0.717) is 6.42 Å². The number of β-lactam (4-membered cyclic amide) rings is 1. The van der Waals surface area contributed by atoms with Gasteiger partial charge in [0.15, 0.2) is 0 Å². The highest BCUT2D eigenvalue weighted by atomic mass is 16.5. The maximum Gasteiger partial charge on any atom is 0.307 e. The summed E-state index contributed by atoms with van der Waals surface area (Å²) in [5, 5.41) is 2.60. The van der Waals surface area contributed by atoms with Crippen LogP contribution in [0.15, 0.2) is 12.3 Å². The van der Waals surface area contributed by atoms with Crippen molar-refractivity contribution >= 4 is 11.9 Å². The molecule has 0 aromatic carbocycles. The molecule has 11 heavy (non-hydrogen) atoms. The molecule has 0 aliphatic carbocycles. The van der Waals surface area contributed by atoms with Crippen LogP contribution in [0.25, 0.3) is 0 Å². The standard InChI is InChI=1S/C7H9NO3/c1-5(9)11-3-2-6-4-7(10)8-6/h2-3,6H,4H2,1H3,(H,8,10)/b3-2+. The highest BCUT2D eigenvalue weighted by Crippen LogP contribution is 2.04. The number of carbonyl (C=O) groups is 2. The fourth-order valence-corrected chi connectivity index (χ4v) is 0.731. The Bertz CT molecular complexity index is 202. The molecular formula is C7H9NO3. The Hall–Kier alpha value is -1.32. The number of hydrogen-bond acceptors (Lipinski definition) is 3. The Labute approximate surface area is 64.2 Å². The van der Waals surface area contributed by atoms with Gasteiger partial charge in [0.05, 0.1) is 18.7 Å². The van der Waals surface area contributed by atoms with Crippen LogP contribution in [0, 0.1) is 0 Å². The topological polar surface area (TPSA) is 55.4 Å². The first kappa shape index (κ1) is 7.78. The lowest BCUT2D eigenvalue weighted by atomic mass is 10.1. The summed E-state index contributed by atoms with van der Waals surface area (Å²) in [6, 6.07) is 0.0434. The molecule has 0 saturated carbocycles. The molecule has 1 heterocycles. The molecule has 1 atom stereocenters. The normalized spacial score (nSPS) is 22.6. The van der Waals surface area contributed by atoms with Gasteiger partial charge in [-0.2, -0.15) is 0 Å². The predicted octanol–water partition coefficient (Wildman–Crippen LogP) is -0.0483. The summed E-state index contributed by atoms with van der Waals surface area (Å²) in [6.07, 6.45) is 3.42. The van der Waals surface area contributed by atoms with Crippen molar-refractivity contribution in [1.29, 1.82) is 0 Å². The summed E-state index contributed by atoms with van der Waals surface area (Å²) < 4.78 is 4.51. The minimum Gasteiger partial charge on any atom is -0.435 e. The van der Waals surface area contributed by atoms with Crippen LogP contribution in [0.1, 0.15) is 13.3 Å². The Morgan fingerprint density at radius 2 is 2.45 bits per heavy atom. The molecule has 1 amide bonds. The number of carbonyl (C=O) groups excluding carboxylic acids is 2. The number of ether oxygens (including phenoxy) is 1. The Morgan fingerprint density at radius 1 is 1.82 bits per heavy atom. The van der Waals surface area contributed by atoms with Crippen molar-refractivity contribution in [3.63, 3.8) is 0 Å². The van der Waals surface area contributed by atoms with Gasteiger partial charge < -0.3 is 10.1 Å². The first-order valence-electron chi connectivity index (χ1n) is 3.32. The Balaban J connectivity index is 2.16. The third-order valence-corrected chi connectivity index (χ3v) is 1.30. The second-order valence-electron chi connectivity index (χ2n) is 2.32. The zero-order valence-electron chi connectivity index (χ0n) is 6.16. The molecule has 1 saturated heterocycles. The van der Waals surface area contributed by atoms with E-state index >= 15 is 0 Å². The maximum absolute atomic E-state index is 10.4. The molecule has 1 rings (SSSR count). The quantitative estimate of drug-likeness (QED) is 0.345. The van der Waals surface area contributed by atoms with Crippen molar-refractivity contribution in [1.82, 2.24) is 5.32 Å². The fourth-order valence-electron chi connectivity index (χ4n) is 0.731. The van der Waals surface area contributed by atoms with Crippen molar-refractivity contribution in [2.45, 2.75) is 19.4 Å². The first-order valence-corrected chi connectivity index (χ1v) is 3.32. The molecule has 1 aliphatic heterocycles.